The summed E-state index contributed by atoms with van der Waals surface area (Å²) in [4.78, 5) is 26.2. The number of nitrogens with zero attached hydrogens (tertiary/aromatic N) is 2. The van der Waals surface area contributed by atoms with Crippen molar-refractivity contribution in [3.05, 3.63) is 46.0 Å². The van der Waals surface area contributed by atoms with E-state index in [1.807, 2.05) is 17.5 Å². The van der Waals surface area contributed by atoms with E-state index in [0.717, 1.165) is 4.88 Å². The third-order valence-electron chi connectivity index (χ3n) is 4.94. The molecule has 0 bridgehead atoms. The monoisotopic (exact) mass is 476 g/mol. The van der Waals surface area contributed by atoms with E-state index in [9.17, 15) is 9.59 Å². The predicted octanol–water partition coefficient (Wildman–Crippen LogP) is 3.67. The molecule has 11 heteroatoms. The maximum absolute atomic E-state index is 13.2. The highest BCUT2D eigenvalue weighted by Crippen LogP contribution is 2.32. The van der Waals surface area contributed by atoms with Gasteiger partial charge in [0.15, 0.2) is 22.1 Å². The lowest BCUT2D eigenvalue weighted by atomic mass is 10.0. The van der Waals surface area contributed by atoms with Gasteiger partial charge >= 0.3 is 5.97 Å². The second kappa shape index (κ2) is 10.4. The number of aromatic nitrogens is 3. The Morgan fingerprint density at radius 1 is 1.22 bits per heavy atom. The molecule has 2 unspecified atom stereocenters. The number of hydrogen-bond acceptors (Lipinski definition) is 8. The normalized spacial score (nSPS) is 12.6. The zero-order chi connectivity index (χ0) is 23.3. The maximum Gasteiger partial charge on any atom is 0.307 e. The molecule has 32 heavy (non-hydrogen) atoms. The Kier molecular flexibility index (Phi) is 7.65. The third kappa shape index (κ3) is 5.00. The van der Waals surface area contributed by atoms with E-state index in [0.29, 0.717) is 27.7 Å². The van der Waals surface area contributed by atoms with Gasteiger partial charge < -0.3 is 19.5 Å². The number of ether oxygens (including phenoxy) is 3. The zero-order valence-corrected chi connectivity index (χ0v) is 19.7. The van der Waals surface area contributed by atoms with Crippen LogP contribution in [0.2, 0.25) is 0 Å². The van der Waals surface area contributed by atoms with Gasteiger partial charge in [-0.3, -0.25) is 19.3 Å². The summed E-state index contributed by atoms with van der Waals surface area (Å²) >= 11 is 6.86. The number of carbonyl (C=O) groups is 2. The standard InChI is InChI=1S/C21H24N4O5S2/c1-12(25-19(23-24-21(25)31)17-6-5-9-32-17)20(27)22-14(11-18(26)30-4)13-7-8-15(28-2)16(10-13)29-3/h5-10,12,14H,11H2,1-4H3,(H,22,27)(H,24,31). The molecule has 2 heterocycles. The van der Waals surface area contributed by atoms with Crippen LogP contribution in [0, 0.1) is 4.77 Å². The summed E-state index contributed by atoms with van der Waals surface area (Å²) in [5.41, 5.74) is 0.669. The molecule has 1 amide bonds. The smallest absolute Gasteiger partial charge is 0.307 e. The van der Waals surface area contributed by atoms with Crippen LogP contribution in [0.15, 0.2) is 35.7 Å². The molecule has 0 saturated heterocycles. The molecule has 0 spiro atoms. The number of nitrogens with one attached hydrogen (secondary N) is 2. The number of benzene rings is 1. The van der Waals surface area contributed by atoms with E-state index in [1.54, 1.807) is 29.7 Å². The molecule has 2 aromatic heterocycles. The molecule has 2 N–H and O–H groups in total. The van der Waals surface area contributed by atoms with Crippen LogP contribution in [-0.4, -0.2) is 48.0 Å². The first kappa shape index (κ1) is 23.5. The van der Waals surface area contributed by atoms with Gasteiger partial charge in [0.25, 0.3) is 0 Å². The fourth-order valence-corrected chi connectivity index (χ4v) is 4.23. The molecular weight excluding hydrogens is 452 g/mol. The molecule has 0 aliphatic heterocycles. The molecule has 0 aliphatic carbocycles. The lowest BCUT2D eigenvalue weighted by Crippen LogP contribution is -2.35. The van der Waals surface area contributed by atoms with Crippen LogP contribution in [0.3, 0.4) is 0 Å². The molecule has 2 atom stereocenters. The SMILES string of the molecule is COC(=O)CC(NC(=O)C(C)n1c(-c2cccs2)n[nH]c1=S)c1ccc(OC)c(OC)c1. The van der Waals surface area contributed by atoms with Gasteiger partial charge in [-0.1, -0.05) is 12.1 Å². The molecule has 0 aliphatic rings. The average Bonchev–Trinajstić information content (AvgIpc) is 3.47. The van der Waals surface area contributed by atoms with Crippen LogP contribution in [0.5, 0.6) is 11.5 Å². The Labute approximate surface area is 194 Å². The molecule has 9 nitrogen and oxygen atoms in total. The summed E-state index contributed by atoms with van der Waals surface area (Å²) in [7, 11) is 4.35. The van der Waals surface area contributed by atoms with Crippen molar-refractivity contribution in [3.63, 3.8) is 0 Å². The average molecular weight is 477 g/mol. The van der Waals surface area contributed by atoms with Gasteiger partial charge in [0.2, 0.25) is 5.91 Å². The number of H-pyrrole nitrogens is 1. The summed E-state index contributed by atoms with van der Waals surface area (Å²) in [6, 6.07) is 7.67. The Morgan fingerprint density at radius 2 is 1.97 bits per heavy atom. The molecule has 1 aromatic carbocycles. The van der Waals surface area contributed by atoms with Gasteiger partial charge in [-0.2, -0.15) is 5.10 Å². The Hall–Kier alpha value is -3.18. The quantitative estimate of drug-likeness (QED) is 0.358. The van der Waals surface area contributed by atoms with Crippen LogP contribution in [0.1, 0.15) is 31.0 Å². The van der Waals surface area contributed by atoms with Gasteiger partial charge in [-0.15, -0.1) is 11.3 Å². The molecule has 3 rings (SSSR count). The molecule has 3 aromatic rings. The van der Waals surface area contributed by atoms with E-state index >= 15 is 0 Å². The van der Waals surface area contributed by atoms with Crippen molar-refractivity contribution in [2.75, 3.05) is 21.3 Å². The van der Waals surface area contributed by atoms with Crippen molar-refractivity contribution in [2.24, 2.45) is 0 Å². The van der Waals surface area contributed by atoms with Crippen molar-refractivity contribution in [2.45, 2.75) is 25.4 Å². The van der Waals surface area contributed by atoms with Gasteiger partial charge in [-0.05, 0) is 48.3 Å². The number of methoxy groups -OCH3 is 3. The first-order valence-corrected chi connectivity index (χ1v) is 11.0. The minimum atomic E-state index is -0.682. The Bertz CT molecular complexity index is 1140. The van der Waals surface area contributed by atoms with Crippen molar-refractivity contribution < 1.29 is 23.8 Å². The molecule has 0 fully saturated rings. The summed E-state index contributed by atoms with van der Waals surface area (Å²) < 4.78 is 17.4. The summed E-state index contributed by atoms with van der Waals surface area (Å²) in [6.45, 7) is 1.72. The van der Waals surface area contributed by atoms with Crippen molar-refractivity contribution in [1.82, 2.24) is 20.1 Å². The highest BCUT2D eigenvalue weighted by molar-refractivity contribution is 7.71. The van der Waals surface area contributed by atoms with Crippen LogP contribution in [-0.2, 0) is 14.3 Å². The molecule has 170 valence electrons. The van der Waals surface area contributed by atoms with E-state index in [4.69, 9.17) is 26.4 Å². The lowest BCUT2D eigenvalue weighted by Gasteiger charge is -2.22. The second-order valence-corrected chi connectivity index (χ2v) is 8.17. The topological polar surface area (TPSA) is 107 Å². The van der Waals surface area contributed by atoms with E-state index < -0.39 is 18.1 Å². The maximum atomic E-state index is 13.2. The fraction of sp³-hybridized carbons (Fsp3) is 0.333. The van der Waals surface area contributed by atoms with Gasteiger partial charge in [0.1, 0.15) is 6.04 Å². The highest BCUT2D eigenvalue weighted by Gasteiger charge is 2.26. The number of rotatable bonds is 9. The van der Waals surface area contributed by atoms with E-state index in [2.05, 4.69) is 15.5 Å². The summed E-state index contributed by atoms with van der Waals surface area (Å²) in [6.07, 6.45) is -0.0565. The van der Waals surface area contributed by atoms with Crippen LogP contribution < -0.4 is 14.8 Å². The number of thiophene rings is 1. The number of carbonyl (C=O) groups excluding carboxylic acids is 2. The van der Waals surface area contributed by atoms with E-state index in [1.165, 1.54) is 32.7 Å². The van der Waals surface area contributed by atoms with Crippen molar-refractivity contribution in [1.29, 1.82) is 0 Å². The van der Waals surface area contributed by atoms with Gasteiger partial charge in [-0.25, -0.2) is 0 Å². The fourth-order valence-electron chi connectivity index (χ4n) is 3.22. The second-order valence-electron chi connectivity index (χ2n) is 6.83. The van der Waals surface area contributed by atoms with Crippen LogP contribution in [0.25, 0.3) is 10.7 Å². The number of amides is 1. The minimum Gasteiger partial charge on any atom is -0.493 e. The molecular formula is C21H24N4O5S2. The first-order chi connectivity index (χ1) is 15.4. The first-order valence-electron chi connectivity index (χ1n) is 9.69. The Balaban J connectivity index is 1.90. The van der Waals surface area contributed by atoms with E-state index in [-0.39, 0.29) is 12.3 Å². The summed E-state index contributed by atoms with van der Waals surface area (Å²) in [5, 5.41) is 11.9. The highest BCUT2D eigenvalue weighted by atomic mass is 32.1. The molecule has 0 radical (unpaired) electrons. The number of aromatic amines is 1. The third-order valence-corrected chi connectivity index (χ3v) is 6.09. The predicted molar refractivity (Wildman–Crippen MR) is 122 cm³/mol. The number of esters is 1. The lowest BCUT2D eigenvalue weighted by molar-refractivity contribution is -0.141. The Morgan fingerprint density at radius 3 is 2.59 bits per heavy atom. The van der Waals surface area contributed by atoms with Gasteiger partial charge in [0.05, 0.1) is 38.7 Å². The van der Waals surface area contributed by atoms with Crippen LogP contribution >= 0.6 is 23.6 Å². The van der Waals surface area contributed by atoms with Crippen molar-refractivity contribution >= 4 is 35.4 Å². The minimum absolute atomic E-state index is 0.0565. The van der Waals surface area contributed by atoms with Crippen LogP contribution in [0.4, 0.5) is 0 Å². The number of hydrogen-bond donors (Lipinski definition) is 2. The molecule has 0 saturated carbocycles. The zero-order valence-electron chi connectivity index (χ0n) is 18.1. The summed E-state index contributed by atoms with van der Waals surface area (Å²) in [5.74, 6) is 0.807. The largest absolute Gasteiger partial charge is 0.493 e. The van der Waals surface area contributed by atoms with Gasteiger partial charge in [0, 0.05) is 0 Å². The van der Waals surface area contributed by atoms with Crippen molar-refractivity contribution in [3.8, 4) is 22.2 Å².